The highest BCUT2D eigenvalue weighted by atomic mass is 14.9. The summed E-state index contributed by atoms with van der Waals surface area (Å²) in [5.74, 6) is 0. The van der Waals surface area contributed by atoms with Crippen LogP contribution in [-0.4, -0.2) is 0 Å². The van der Waals surface area contributed by atoms with Crippen LogP contribution < -0.4 is 5.32 Å². The zero-order valence-corrected chi connectivity index (χ0v) is 35.3. The molecule has 0 aromatic heterocycles. The highest BCUT2D eigenvalue weighted by Crippen LogP contribution is 2.64. The van der Waals surface area contributed by atoms with Crippen LogP contribution >= 0.6 is 0 Å². The lowest BCUT2D eigenvalue weighted by molar-refractivity contribution is 0.586. The van der Waals surface area contributed by atoms with Gasteiger partial charge in [-0.3, -0.25) is 0 Å². The van der Waals surface area contributed by atoms with E-state index in [0.29, 0.717) is 0 Å². The maximum atomic E-state index is 3.91. The molecule has 0 atom stereocenters. The molecule has 2 aliphatic rings. The largest absolute Gasteiger partial charge is 0.355 e. The van der Waals surface area contributed by atoms with Gasteiger partial charge in [0.05, 0.1) is 5.41 Å². The number of hydrogen-bond acceptors (Lipinski definition) is 1. The first-order chi connectivity index (χ1) is 29.0. The molecule has 9 aromatic rings. The minimum Gasteiger partial charge on any atom is -0.355 e. The summed E-state index contributed by atoms with van der Waals surface area (Å²) >= 11 is 0. The van der Waals surface area contributed by atoms with E-state index in [9.17, 15) is 0 Å². The second kappa shape index (κ2) is 13.2. The van der Waals surface area contributed by atoms with Gasteiger partial charge in [-0.05, 0) is 141 Å². The minimum atomic E-state index is -0.424. The van der Waals surface area contributed by atoms with Crippen LogP contribution in [0, 0.1) is 0 Å². The van der Waals surface area contributed by atoms with Crippen molar-refractivity contribution < 1.29 is 0 Å². The Balaban J connectivity index is 0.968. The molecule has 0 saturated heterocycles. The number of benzene rings is 9. The van der Waals surface area contributed by atoms with E-state index in [0.717, 1.165) is 11.4 Å². The van der Waals surface area contributed by atoms with Gasteiger partial charge in [0.1, 0.15) is 0 Å². The molecule has 0 amide bonds. The summed E-state index contributed by atoms with van der Waals surface area (Å²) in [5.41, 5.74) is 20.2. The van der Waals surface area contributed by atoms with E-state index in [1.54, 1.807) is 0 Å². The minimum absolute atomic E-state index is 0.0207. The Bertz CT molecular complexity index is 3120. The van der Waals surface area contributed by atoms with Crippen LogP contribution in [0.5, 0.6) is 0 Å². The number of anilines is 2. The predicted molar refractivity (Wildman–Crippen MR) is 256 cm³/mol. The van der Waals surface area contributed by atoms with Gasteiger partial charge in [0.25, 0.3) is 0 Å². The van der Waals surface area contributed by atoms with Gasteiger partial charge in [-0.25, -0.2) is 0 Å². The molecule has 1 N–H and O–H groups in total. The van der Waals surface area contributed by atoms with Crippen molar-refractivity contribution in [1.82, 2.24) is 0 Å². The Morgan fingerprint density at radius 3 is 1.43 bits per heavy atom. The van der Waals surface area contributed by atoms with Crippen molar-refractivity contribution in [3.05, 3.63) is 215 Å². The topological polar surface area (TPSA) is 12.0 Å². The maximum absolute atomic E-state index is 3.91. The van der Waals surface area contributed by atoms with Crippen molar-refractivity contribution >= 4 is 32.9 Å². The summed E-state index contributed by atoms with van der Waals surface area (Å²) in [6.45, 7) is 14.0. The molecule has 0 radical (unpaired) electrons. The first-order valence-corrected chi connectivity index (χ1v) is 21.4. The molecule has 0 aliphatic heterocycles. The van der Waals surface area contributed by atoms with Crippen LogP contribution in [0.3, 0.4) is 0 Å². The van der Waals surface area contributed by atoms with E-state index in [4.69, 9.17) is 0 Å². The Labute approximate surface area is 354 Å². The predicted octanol–water partition coefficient (Wildman–Crippen LogP) is 16.0. The monoisotopic (exact) mass is 771 g/mol. The summed E-state index contributed by atoms with van der Waals surface area (Å²) < 4.78 is 0. The van der Waals surface area contributed by atoms with E-state index in [-0.39, 0.29) is 10.8 Å². The van der Waals surface area contributed by atoms with Crippen molar-refractivity contribution in [1.29, 1.82) is 0 Å². The lowest BCUT2D eigenvalue weighted by Crippen LogP contribution is -2.27. The Morgan fingerprint density at radius 2 is 0.833 bits per heavy atom. The highest BCUT2D eigenvalue weighted by molar-refractivity contribution is 6.00. The molecule has 0 heterocycles. The summed E-state index contributed by atoms with van der Waals surface area (Å²) in [5, 5.41) is 8.94. The van der Waals surface area contributed by atoms with Crippen LogP contribution in [0.4, 0.5) is 11.4 Å². The van der Waals surface area contributed by atoms with Crippen molar-refractivity contribution in [3.63, 3.8) is 0 Å². The van der Waals surface area contributed by atoms with Crippen molar-refractivity contribution in [2.45, 2.75) is 57.8 Å². The molecule has 1 spiro atoms. The normalized spacial score (nSPS) is 13.6. The lowest BCUT2D eigenvalue weighted by atomic mass is 9.69. The fraction of sp³-hybridized carbons (Fsp3) is 0.153. The molecule has 11 rings (SSSR count). The maximum Gasteiger partial charge on any atom is 0.0726 e. The van der Waals surface area contributed by atoms with Crippen LogP contribution in [0.2, 0.25) is 0 Å². The summed E-state index contributed by atoms with van der Waals surface area (Å²) in [6.07, 6.45) is 0. The number of fused-ring (bicyclic) bond motifs is 12. The molecule has 1 heteroatoms. The lowest BCUT2D eigenvalue weighted by Gasteiger charge is -2.33. The molecule has 1 nitrogen and oxygen atoms in total. The number of hydrogen-bond donors (Lipinski definition) is 1. The molecular weight excluding hydrogens is 723 g/mol. The van der Waals surface area contributed by atoms with Crippen molar-refractivity contribution in [2.24, 2.45) is 0 Å². The Kier molecular flexibility index (Phi) is 7.98. The van der Waals surface area contributed by atoms with Gasteiger partial charge in [-0.1, -0.05) is 187 Å². The third-order valence-corrected chi connectivity index (χ3v) is 13.4. The summed E-state index contributed by atoms with van der Waals surface area (Å²) in [6, 6.07) is 68.5. The quantitative estimate of drug-likeness (QED) is 0.188. The second-order valence-corrected chi connectivity index (χ2v) is 19.1. The average Bonchev–Trinajstić information content (AvgIpc) is 3.73. The molecular formula is C59H49N. The first kappa shape index (κ1) is 36.4. The molecule has 9 aromatic carbocycles. The third-order valence-electron chi connectivity index (χ3n) is 13.4. The van der Waals surface area contributed by atoms with Gasteiger partial charge in [0.15, 0.2) is 0 Å². The molecule has 0 unspecified atom stereocenters. The standard InChI is InChI=1S/C59H49N/c1-57(2,3)45-26-30-48-49-31-27-46(58(4,5)6)36-54(49)59(53(48)35-45)51-15-10-9-14-50(51)56-52(59)16-11-17-55(56)60-47-28-24-38(25-29-47)40-20-21-43-34-44(23-22-42(43)33-40)41-19-18-37-12-7-8-13-39(37)32-41/h7-36,60H,1-6H3. The van der Waals surface area contributed by atoms with Crippen LogP contribution in [0.1, 0.15) is 74.9 Å². The SMILES string of the molecule is CC(C)(C)c1ccc2c(c1)C1(c3cc(C(C)(C)C)ccc3-2)c2ccccc2-c2c(Nc3ccc(-c4ccc5cc(-c6ccc7ccccc7c6)ccc5c4)cc3)cccc21. The van der Waals surface area contributed by atoms with Gasteiger partial charge >= 0.3 is 0 Å². The highest BCUT2D eigenvalue weighted by Gasteiger charge is 2.52. The van der Waals surface area contributed by atoms with Gasteiger partial charge in [-0.2, -0.15) is 0 Å². The van der Waals surface area contributed by atoms with E-state index in [1.165, 1.54) is 99.4 Å². The average molecular weight is 772 g/mol. The van der Waals surface area contributed by atoms with Crippen molar-refractivity contribution in [3.8, 4) is 44.5 Å². The summed E-state index contributed by atoms with van der Waals surface area (Å²) in [7, 11) is 0. The van der Waals surface area contributed by atoms with Gasteiger partial charge in [0.2, 0.25) is 0 Å². The molecule has 0 fully saturated rings. The number of nitrogens with one attached hydrogen (secondary N) is 1. The van der Waals surface area contributed by atoms with Gasteiger partial charge < -0.3 is 5.32 Å². The van der Waals surface area contributed by atoms with Gasteiger partial charge in [0, 0.05) is 16.9 Å². The van der Waals surface area contributed by atoms with Gasteiger partial charge in [-0.15, -0.1) is 0 Å². The zero-order valence-electron chi connectivity index (χ0n) is 35.3. The molecule has 290 valence electrons. The van der Waals surface area contributed by atoms with Crippen LogP contribution in [0.15, 0.2) is 182 Å². The molecule has 0 bridgehead atoms. The zero-order chi connectivity index (χ0) is 41.0. The fourth-order valence-corrected chi connectivity index (χ4v) is 10.1. The Hall–Kier alpha value is -6.70. The van der Waals surface area contributed by atoms with E-state index in [2.05, 4.69) is 229 Å². The molecule has 2 aliphatic carbocycles. The van der Waals surface area contributed by atoms with Crippen LogP contribution in [0.25, 0.3) is 66.1 Å². The van der Waals surface area contributed by atoms with Crippen LogP contribution in [-0.2, 0) is 16.2 Å². The molecule has 60 heavy (non-hydrogen) atoms. The Morgan fingerprint density at radius 1 is 0.350 bits per heavy atom. The smallest absolute Gasteiger partial charge is 0.0726 e. The van der Waals surface area contributed by atoms with E-state index >= 15 is 0 Å². The third kappa shape index (κ3) is 5.60. The van der Waals surface area contributed by atoms with E-state index < -0.39 is 5.41 Å². The fourth-order valence-electron chi connectivity index (χ4n) is 10.1. The first-order valence-electron chi connectivity index (χ1n) is 21.4. The second-order valence-electron chi connectivity index (χ2n) is 19.1. The molecule has 0 saturated carbocycles. The summed E-state index contributed by atoms with van der Waals surface area (Å²) in [4.78, 5) is 0. The number of rotatable bonds is 4. The van der Waals surface area contributed by atoms with E-state index in [1.807, 2.05) is 0 Å². The van der Waals surface area contributed by atoms with Crippen molar-refractivity contribution in [2.75, 3.05) is 5.32 Å².